The molecule has 0 amide bonds. The van der Waals surface area contributed by atoms with E-state index in [0.717, 1.165) is 18.4 Å². The quantitative estimate of drug-likeness (QED) is 0.840. The molecule has 1 aromatic rings. The molecule has 3 heterocycles. The number of rotatable bonds is 4. The van der Waals surface area contributed by atoms with E-state index < -0.39 is 0 Å². The topological polar surface area (TPSA) is 50.1 Å². The van der Waals surface area contributed by atoms with Crippen molar-refractivity contribution in [3.05, 3.63) is 5.82 Å². The van der Waals surface area contributed by atoms with E-state index in [9.17, 15) is 0 Å². The first-order valence-corrected chi connectivity index (χ1v) is 8.63. The van der Waals surface area contributed by atoms with E-state index >= 15 is 0 Å². The molecule has 116 valence electrons. The largest absolute Gasteiger partial charge is 0.300 e. The monoisotopic (exact) mass is 290 g/mol. The van der Waals surface area contributed by atoms with Gasteiger partial charge in [0.05, 0.1) is 12.6 Å². The van der Waals surface area contributed by atoms with Gasteiger partial charge in [0.15, 0.2) is 5.82 Å². The summed E-state index contributed by atoms with van der Waals surface area (Å²) in [6.07, 6.45) is 9.34. The first-order valence-electron chi connectivity index (χ1n) is 8.63. The molecule has 1 aromatic heterocycles. The van der Waals surface area contributed by atoms with Crippen LogP contribution in [0.3, 0.4) is 0 Å². The zero-order valence-electron chi connectivity index (χ0n) is 12.8. The lowest BCUT2D eigenvalue weighted by Gasteiger charge is -2.40. The van der Waals surface area contributed by atoms with Crippen LogP contribution in [0.2, 0.25) is 0 Å². The predicted octanol–water partition coefficient (Wildman–Crippen LogP) is 1.46. The summed E-state index contributed by atoms with van der Waals surface area (Å²) in [5, 5.41) is 12.2. The zero-order chi connectivity index (χ0) is 14.1. The van der Waals surface area contributed by atoms with Gasteiger partial charge in [-0.15, -0.1) is 5.10 Å². The summed E-state index contributed by atoms with van der Waals surface area (Å²) in [6.45, 7) is 5.96. The van der Waals surface area contributed by atoms with Crippen LogP contribution in [0.5, 0.6) is 0 Å². The fourth-order valence-corrected chi connectivity index (χ4v) is 3.85. The molecule has 0 radical (unpaired) electrons. The first kappa shape index (κ1) is 13.6. The van der Waals surface area contributed by atoms with E-state index in [-0.39, 0.29) is 0 Å². The van der Waals surface area contributed by atoms with Gasteiger partial charge < -0.3 is 4.90 Å². The van der Waals surface area contributed by atoms with Crippen LogP contribution < -0.4 is 0 Å². The maximum atomic E-state index is 4.23. The summed E-state index contributed by atoms with van der Waals surface area (Å²) in [5.41, 5.74) is 0. The van der Waals surface area contributed by atoms with E-state index in [1.54, 1.807) is 0 Å². The third kappa shape index (κ3) is 3.11. The molecule has 6 heteroatoms. The third-order valence-electron chi connectivity index (χ3n) is 5.28. The van der Waals surface area contributed by atoms with Crippen LogP contribution in [0.4, 0.5) is 0 Å². The predicted molar refractivity (Wildman–Crippen MR) is 79.8 cm³/mol. The van der Waals surface area contributed by atoms with Crippen molar-refractivity contribution in [3.8, 4) is 0 Å². The van der Waals surface area contributed by atoms with Gasteiger partial charge in [-0.2, -0.15) is 0 Å². The Bertz CT molecular complexity index is 454. The molecule has 0 aromatic carbocycles. The molecule has 0 bridgehead atoms. The van der Waals surface area contributed by atoms with Crippen LogP contribution in [-0.4, -0.2) is 62.2 Å². The zero-order valence-corrected chi connectivity index (χ0v) is 12.8. The number of hydrogen-bond acceptors (Lipinski definition) is 5. The Morgan fingerprint density at radius 3 is 2.33 bits per heavy atom. The molecule has 1 saturated carbocycles. The highest BCUT2D eigenvalue weighted by molar-refractivity contribution is 4.91. The number of aromatic nitrogens is 4. The maximum absolute atomic E-state index is 4.23. The van der Waals surface area contributed by atoms with E-state index in [1.165, 1.54) is 71.1 Å². The molecule has 0 atom stereocenters. The molecule has 0 N–H and O–H groups in total. The average molecular weight is 290 g/mol. The summed E-state index contributed by atoms with van der Waals surface area (Å²) < 4.78 is 2.05. The smallest absolute Gasteiger partial charge is 0.165 e. The maximum Gasteiger partial charge on any atom is 0.165 e. The Hall–Kier alpha value is -1.01. The van der Waals surface area contributed by atoms with Gasteiger partial charge in [-0.05, 0) is 62.0 Å². The fourth-order valence-electron chi connectivity index (χ4n) is 3.85. The number of piperidine rings is 2. The van der Waals surface area contributed by atoms with Gasteiger partial charge in [-0.25, -0.2) is 4.68 Å². The minimum atomic E-state index is 0.584. The van der Waals surface area contributed by atoms with Gasteiger partial charge in [0.25, 0.3) is 0 Å². The summed E-state index contributed by atoms with van der Waals surface area (Å²) in [6, 6.07) is 1.40. The van der Waals surface area contributed by atoms with E-state index in [2.05, 4.69) is 30.0 Å². The van der Waals surface area contributed by atoms with Crippen molar-refractivity contribution in [1.82, 2.24) is 30.0 Å². The van der Waals surface area contributed by atoms with Crippen molar-refractivity contribution < 1.29 is 0 Å². The summed E-state index contributed by atoms with van der Waals surface area (Å²) in [5.74, 6) is 1.06. The van der Waals surface area contributed by atoms with E-state index in [4.69, 9.17) is 0 Å². The second-order valence-electron chi connectivity index (χ2n) is 6.87. The van der Waals surface area contributed by atoms with Gasteiger partial charge >= 0.3 is 0 Å². The van der Waals surface area contributed by atoms with Crippen molar-refractivity contribution in [1.29, 1.82) is 0 Å². The first-order chi connectivity index (χ1) is 10.4. The lowest BCUT2D eigenvalue weighted by Crippen LogP contribution is -2.46. The third-order valence-corrected chi connectivity index (χ3v) is 5.28. The second kappa shape index (κ2) is 6.01. The lowest BCUT2D eigenvalue weighted by atomic mass is 10.00. The molecular formula is C15H26N6. The van der Waals surface area contributed by atoms with Crippen LogP contribution in [0.1, 0.15) is 56.8 Å². The summed E-state index contributed by atoms with van der Waals surface area (Å²) in [7, 11) is 0. The molecule has 4 rings (SSSR count). The van der Waals surface area contributed by atoms with E-state index in [0.29, 0.717) is 6.04 Å². The van der Waals surface area contributed by atoms with Gasteiger partial charge in [0.1, 0.15) is 0 Å². The number of tetrazole rings is 1. The van der Waals surface area contributed by atoms with Crippen LogP contribution in [0, 0.1) is 0 Å². The SMILES string of the molecule is C1CCN(C2CCN(Cc3nnnn3C3CC3)CC2)CC1. The molecule has 1 aliphatic carbocycles. The number of likely N-dealkylation sites (tertiary alicyclic amines) is 2. The molecular weight excluding hydrogens is 264 g/mol. The highest BCUT2D eigenvalue weighted by Gasteiger charge is 2.30. The van der Waals surface area contributed by atoms with Crippen LogP contribution in [-0.2, 0) is 6.54 Å². The van der Waals surface area contributed by atoms with Crippen LogP contribution in [0.15, 0.2) is 0 Å². The van der Waals surface area contributed by atoms with Gasteiger partial charge in [-0.1, -0.05) is 6.42 Å². The molecule has 3 aliphatic rings. The number of hydrogen-bond donors (Lipinski definition) is 0. The molecule has 0 spiro atoms. The number of nitrogens with zero attached hydrogens (tertiary/aromatic N) is 6. The Labute approximate surface area is 126 Å². The standard InChI is InChI=1S/C15H26N6/c1-2-8-20(9-3-1)13-6-10-19(11-7-13)12-15-16-17-18-21(15)14-4-5-14/h13-14H,1-12H2. The second-order valence-corrected chi connectivity index (χ2v) is 6.87. The van der Waals surface area contributed by atoms with Gasteiger partial charge in [0.2, 0.25) is 0 Å². The highest BCUT2D eigenvalue weighted by Crippen LogP contribution is 2.34. The van der Waals surface area contributed by atoms with Crippen molar-refractivity contribution in [2.24, 2.45) is 0 Å². The molecule has 3 fully saturated rings. The average Bonchev–Trinajstić information content (AvgIpc) is 3.29. The molecule has 21 heavy (non-hydrogen) atoms. The highest BCUT2D eigenvalue weighted by atomic mass is 15.6. The molecule has 2 aliphatic heterocycles. The van der Waals surface area contributed by atoms with Crippen molar-refractivity contribution in [2.75, 3.05) is 26.2 Å². The Kier molecular flexibility index (Phi) is 3.90. The minimum absolute atomic E-state index is 0.584. The fraction of sp³-hybridized carbons (Fsp3) is 0.933. The van der Waals surface area contributed by atoms with Crippen molar-refractivity contribution >= 4 is 0 Å². The summed E-state index contributed by atoms with van der Waals surface area (Å²) in [4.78, 5) is 5.26. The van der Waals surface area contributed by atoms with Gasteiger partial charge in [0, 0.05) is 19.1 Å². The van der Waals surface area contributed by atoms with Crippen LogP contribution >= 0.6 is 0 Å². The lowest BCUT2D eigenvalue weighted by molar-refractivity contribution is 0.0878. The Morgan fingerprint density at radius 1 is 0.857 bits per heavy atom. The molecule has 0 unspecified atom stereocenters. The normalized spacial score (nSPS) is 26.3. The Morgan fingerprint density at radius 2 is 1.62 bits per heavy atom. The Balaban J connectivity index is 1.29. The van der Waals surface area contributed by atoms with Crippen molar-refractivity contribution in [3.63, 3.8) is 0 Å². The minimum Gasteiger partial charge on any atom is -0.300 e. The molecule has 2 saturated heterocycles. The molecule has 6 nitrogen and oxygen atoms in total. The van der Waals surface area contributed by atoms with Crippen molar-refractivity contribution in [2.45, 2.75) is 63.6 Å². The van der Waals surface area contributed by atoms with Crippen LogP contribution in [0.25, 0.3) is 0 Å². The van der Waals surface area contributed by atoms with Gasteiger partial charge in [-0.3, -0.25) is 4.90 Å². The van der Waals surface area contributed by atoms with E-state index in [1.807, 2.05) is 0 Å². The summed E-state index contributed by atoms with van der Waals surface area (Å²) >= 11 is 0.